The highest BCUT2D eigenvalue weighted by Gasteiger charge is 2.41. The number of hydrogen-bond donors (Lipinski definition) is 0. The van der Waals surface area contributed by atoms with Crippen molar-refractivity contribution in [2.45, 2.75) is 38.5 Å². The van der Waals surface area contributed by atoms with Gasteiger partial charge in [-0.25, -0.2) is 0 Å². The largest absolute Gasteiger partial charge is 0.456 e. The second-order valence-electron chi connectivity index (χ2n) is 17.3. The molecule has 59 heavy (non-hydrogen) atoms. The Morgan fingerprint density at radius 3 is 1.86 bits per heavy atom. The number of para-hydroxylation sites is 1. The van der Waals surface area contributed by atoms with Crippen LogP contribution in [0.25, 0.3) is 72.0 Å². The van der Waals surface area contributed by atoms with Gasteiger partial charge in [0.05, 0.1) is 22.3 Å². The van der Waals surface area contributed by atoms with Crippen LogP contribution in [0.1, 0.15) is 49.9 Å². The lowest BCUT2D eigenvalue weighted by atomic mass is 9.81. The molecule has 10 aromatic rings. The monoisotopic (exact) mass is 758 g/mol. The average molecular weight is 759 g/mol. The van der Waals surface area contributed by atoms with Crippen LogP contribution >= 0.6 is 0 Å². The number of rotatable bonds is 5. The highest BCUT2D eigenvalue weighted by Crippen LogP contribution is 2.55. The maximum absolute atomic E-state index is 6.82. The Balaban J connectivity index is 1.13. The fourth-order valence-corrected chi connectivity index (χ4v) is 10.6. The molecule has 0 saturated carbocycles. The highest BCUT2D eigenvalue weighted by atomic mass is 16.3. The fourth-order valence-electron chi connectivity index (χ4n) is 10.6. The van der Waals surface area contributed by atoms with Crippen LogP contribution in [0.4, 0.5) is 17.1 Å². The molecule has 0 radical (unpaired) electrons. The van der Waals surface area contributed by atoms with Gasteiger partial charge in [-0.2, -0.15) is 0 Å². The molecule has 0 amide bonds. The van der Waals surface area contributed by atoms with Gasteiger partial charge < -0.3 is 13.9 Å². The number of furan rings is 1. The summed E-state index contributed by atoms with van der Waals surface area (Å²) in [4.78, 5) is 2.43. The Morgan fingerprint density at radius 2 is 1.10 bits per heavy atom. The zero-order chi connectivity index (χ0) is 39.6. The van der Waals surface area contributed by atoms with E-state index >= 15 is 0 Å². The van der Waals surface area contributed by atoms with E-state index in [0.29, 0.717) is 0 Å². The molecule has 12 rings (SSSR count). The molecule has 0 fully saturated rings. The van der Waals surface area contributed by atoms with Crippen molar-refractivity contribution >= 4 is 49.9 Å². The first-order valence-corrected chi connectivity index (χ1v) is 20.7. The minimum absolute atomic E-state index is 0.118. The van der Waals surface area contributed by atoms with Gasteiger partial charge in [-0.05, 0) is 105 Å². The number of nitrogens with zero attached hydrogens (tertiary/aromatic N) is 2. The van der Waals surface area contributed by atoms with Crippen LogP contribution in [0.15, 0.2) is 186 Å². The molecule has 3 heteroatoms. The van der Waals surface area contributed by atoms with Gasteiger partial charge in [-0.15, -0.1) is 0 Å². The third-order valence-electron chi connectivity index (χ3n) is 13.4. The van der Waals surface area contributed by atoms with E-state index < -0.39 is 0 Å². The van der Waals surface area contributed by atoms with Crippen molar-refractivity contribution in [3.05, 3.63) is 204 Å². The number of aromatic nitrogens is 1. The Labute approximate surface area is 344 Å². The minimum Gasteiger partial charge on any atom is -0.456 e. The SMILES string of the molecule is CC1(C)c2ccccc2-c2cc3c(cc21)oc1cccc(N(c2ccc(-c4ccccc4)cc2)c2ccc4c5c(n(-c6ccccc6)c4c2)-c2ccccc2C5(C)C)c13. The highest BCUT2D eigenvalue weighted by molar-refractivity contribution is 6.15. The Morgan fingerprint density at radius 1 is 0.458 bits per heavy atom. The van der Waals surface area contributed by atoms with Gasteiger partial charge in [0.2, 0.25) is 0 Å². The predicted octanol–water partition coefficient (Wildman–Crippen LogP) is 15.3. The molecule has 8 aromatic carbocycles. The van der Waals surface area contributed by atoms with Crippen LogP contribution in [-0.4, -0.2) is 4.57 Å². The van der Waals surface area contributed by atoms with Gasteiger partial charge in [0, 0.05) is 44.2 Å². The molecule has 0 N–H and O–H groups in total. The molecule has 282 valence electrons. The topological polar surface area (TPSA) is 21.3 Å². The second kappa shape index (κ2) is 12.2. The van der Waals surface area contributed by atoms with Gasteiger partial charge in [-0.3, -0.25) is 0 Å². The standard InChI is InChI=1S/C56H42N2O/c1-55(2)45-22-13-11-20-40(45)43-33-44-51(34-47(43)55)59-50-25-15-24-48(52(44)50)57(38-28-26-36(27-29-38)35-16-7-5-8-17-35)39-30-31-42-49(32-39)58(37-18-9-6-10-19-37)54-41-21-12-14-23-46(41)56(3,4)53(42)54/h5-34H,1-4H3. The molecule has 0 spiro atoms. The quantitative estimate of drug-likeness (QED) is 0.174. The van der Waals surface area contributed by atoms with Gasteiger partial charge >= 0.3 is 0 Å². The Hall–Kier alpha value is -7.10. The fraction of sp³-hybridized carbons (Fsp3) is 0.107. The minimum atomic E-state index is -0.159. The molecule has 0 atom stereocenters. The van der Waals surface area contributed by atoms with Crippen molar-refractivity contribution < 1.29 is 4.42 Å². The Kier molecular flexibility index (Phi) is 7.03. The molecule has 2 aromatic heterocycles. The van der Waals surface area contributed by atoms with Crippen LogP contribution in [-0.2, 0) is 10.8 Å². The summed E-state index contributed by atoms with van der Waals surface area (Å²) in [5.74, 6) is 0. The van der Waals surface area contributed by atoms with E-state index in [4.69, 9.17) is 4.42 Å². The first kappa shape index (κ1) is 34.0. The summed E-state index contributed by atoms with van der Waals surface area (Å²) < 4.78 is 9.32. The Bertz CT molecular complexity index is 3310. The zero-order valence-corrected chi connectivity index (χ0v) is 33.6. The smallest absolute Gasteiger partial charge is 0.137 e. The van der Waals surface area contributed by atoms with Crippen LogP contribution in [0.2, 0.25) is 0 Å². The molecular formula is C56H42N2O. The number of anilines is 3. The molecular weight excluding hydrogens is 717 g/mol. The summed E-state index contributed by atoms with van der Waals surface area (Å²) >= 11 is 0. The zero-order valence-electron chi connectivity index (χ0n) is 33.6. The van der Waals surface area contributed by atoms with Crippen molar-refractivity contribution in [1.82, 2.24) is 4.57 Å². The number of benzene rings is 8. The molecule has 0 bridgehead atoms. The van der Waals surface area contributed by atoms with Crippen molar-refractivity contribution in [1.29, 1.82) is 0 Å². The summed E-state index contributed by atoms with van der Waals surface area (Å²) in [7, 11) is 0. The number of fused-ring (bicyclic) bond motifs is 11. The molecule has 0 unspecified atom stereocenters. The van der Waals surface area contributed by atoms with Gasteiger partial charge in [-0.1, -0.05) is 149 Å². The lowest BCUT2D eigenvalue weighted by molar-refractivity contribution is 0.647. The third kappa shape index (κ3) is 4.76. The van der Waals surface area contributed by atoms with E-state index in [2.05, 4.69) is 219 Å². The molecule has 0 aliphatic heterocycles. The van der Waals surface area contributed by atoms with Crippen LogP contribution in [0.5, 0.6) is 0 Å². The molecule has 2 aliphatic rings. The summed E-state index contributed by atoms with van der Waals surface area (Å²) in [5, 5.41) is 3.51. The molecule has 2 heterocycles. The summed E-state index contributed by atoms with van der Waals surface area (Å²) in [6.07, 6.45) is 0. The maximum atomic E-state index is 6.82. The van der Waals surface area contributed by atoms with Crippen molar-refractivity contribution in [2.24, 2.45) is 0 Å². The van der Waals surface area contributed by atoms with Crippen molar-refractivity contribution in [3.8, 4) is 39.2 Å². The summed E-state index contributed by atoms with van der Waals surface area (Å²) in [6, 6.07) is 66.6. The van der Waals surface area contributed by atoms with Crippen LogP contribution in [0, 0.1) is 0 Å². The van der Waals surface area contributed by atoms with Crippen LogP contribution in [0.3, 0.4) is 0 Å². The maximum Gasteiger partial charge on any atom is 0.137 e. The second-order valence-corrected chi connectivity index (χ2v) is 17.3. The summed E-state index contributed by atoms with van der Waals surface area (Å²) in [5.41, 5.74) is 20.1. The van der Waals surface area contributed by atoms with Crippen molar-refractivity contribution in [3.63, 3.8) is 0 Å². The van der Waals surface area contributed by atoms with E-state index in [-0.39, 0.29) is 10.8 Å². The van der Waals surface area contributed by atoms with Gasteiger partial charge in [0.15, 0.2) is 0 Å². The normalized spacial score (nSPS) is 14.4. The molecule has 2 aliphatic carbocycles. The lowest BCUT2D eigenvalue weighted by Gasteiger charge is -2.27. The van der Waals surface area contributed by atoms with E-state index in [9.17, 15) is 0 Å². The van der Waals surface area contributed by atoms with Crippen LogP contribution < -0.4 is 4.90 Å². The third-order valence-corrected chi connectivity index (χ3v) is 13.4. The van der Waals surface area contributed by atoms with Gasteiger partial charge in [0.25, 0.3) is 0 Å². The summed E-state index contributed by atoms with van der Waals surface area (Å²) in [6.45, 7) is 9.41. The van der Waals surface area contributed by atoms with E-state index in [1.165, 1.54) is 66.7 Å². The number of hydrogen-bond acceptors (Lipinski definition) is 2. The molecule has 0 saturated heterocycles. The van der Waals surface area contributed by atoms with E-state index in [1.807, 2.05) is 0 Å². The van der Waals surface area contributed by atoms with E-state index in [1.54, 1.807) is 0 Å². The predicted molar refractivity (Wildman–Crippen MR) is 246 cm³/mol. The first-order valence-electron chi connectivity index (χ1n) is 20.7. The van der Waals surface area contributed by atoms with E-state index in [0.717, 1.165) is 44.7 Å². The molecule has 3 nitrogen and oxygen atoms in total. The first-order chi connectivity index (χ1) is 28.8. The van der Waals surface area contributed by atoms with Crippen molar-refractivity contribution in [2.75, 3.05) is 4.90 Å². The van der Waals surface area contributed by atoms with Gasteiger partial charge in [0.1, 0.15) is 11.2 Å². The lowest BCUT2D eigenvalue weighted by Crippen LogP contribution is -2.15. The average Bonchev–Trinajstić information content (AvgIpc) is 3.95.